The molecule has 16 heavy (non-hydrogen) atoms. The number of benzene rings is 1. The Bertz CT molecular complexity index is 469. The van der Waals surface area contributed by atoms with Gasteiger partial charge in [-0.2, -0.15) is 0 Å². The van der Waals surface area contributed by atoms with Crippen LogP contribution in [0.15, 0.2) is 30.3 Å². The summed E-state index contributed by atoms with van der Waals surface area (Å²) < 4.78 is 24.0. The minimum Gasteiger partial charge on any atom is -0.480 e. The average Bonchev–Trinajstić information content (AvgIpc) is 2.17. The van der Waals surface area contributed by atoms with Crippen molar-refractivity contribution in [1.29, 1.82) is 0 Å². The third-order valence-electron chi connectivity index (χ3n) is 2.08. The second kappa shape index (κ2) is 4.52. The van der Waals surface area contributed by atoms with Crippen LogP contribution in [0.3, 0.4) is 0 Å². The zero-order valence-electron chi connectivity index (χ0n) is 8.99. The van der Waals surface area contributed by atoms with Gasteiger partial charge < -0.3 is 5.11 Å². The fraction of sp³-hybridized carbons (Fsp3) is 0.300. The first-order valence-corrected chi connectivity index (χ1v) is 6.46. The van der Waals surface area contributed by atoms with E-state index in [2.05, 4.69) is 0 Å². The van der Waals surface area contributed by atoms with Gasteiger partial charge in [0.1, 0.15) is 6.04 Å². The van der Waals surface area contributed by atoms with Crippen molar-refractivity contribution in [3.05, 3.63) is 30.3 Å². The minimum atomic E-state index is -3.61. The highest BCUT2D eigenvalue weighted by atomic mass is 32.2. The summed E-state index contributed by atoms with van der Waals surface area (Å²) in [5.41, 5.74) is 0.347. The number of carboxylic acid groups (broad SMARTS) is 1. The van der Waals surface area contributed by atoms with Crippen LogP contribution in [0, 0.1) is 0 Å². The van der Waals surface area contributed by atoms with Crippen molar-refractivity contribution in [2.75, 3.05) is 10.6 Å². The van der Waals surface area contributed by atoms with Gasteiger partial charge in [0.2, 0.25) is 10.0 Å². The number of carboxylic acids is 1. The Morgan fingerprint density at radius 1 is 1.31 bits per heavy atom. The van der Waals surface area contributed by atoms with E-state index in [4.69, 9.17) is 5.11 Å². The molecule has 0 saturated carbocycles. The molecule has 0 aliphatic carbocycles. The zero-order chi connectivity index (χ0) is 12.3. The van der Waals surface area contributed by atoms with Crippen LogP contribution < -0.4 is 4.31 Å². The molecular weight excluding hydrogens is 230 g/mol. The van der Waals surface area contributed by atoms with Crippen LogP contribution in [-0.4, -0.2) is 31.8 Å². The number of hydrogen-bond donors (Lipinski definition) is 1. The molecule has 1 aromatic carbocycles. The lowest BCUT2D eigenvalue weighted by Crippen LogP contribution is -2.42. The predicted octanol–water partition coefficient (Wildman–Crippen LogP) is 0.926. The molecule has 0 bridgehead atoms. The smallest absolute Gasteiger partial charge is 0.327 e. The number of sulfonamides is 1. The average molecular weight is 243 g/mol. The van der Waals surface area contributed by atoms with Crippen LogP contribution in [0.5, 0.6) is 0 Å². The minimum absolute atomic E-state index is 0.347. The second-order valence-corrected chi connectivity index (χ2v) is 5.27. The molecule has 0 aliphatic rings. The molecule has 0 fully saturated rings. The number of nitrogens with zero attached hydrogens (tertiary/aromatic N) is 1. The second-order valence-electron chi connectivity index (χ2n) is 3.41. The molecule has 0 saturated heterocycles. The fourth-order valence-corrected chi connectivity index (χ4v) is 2.55. The fourth-order valence-electron chi connectivity index (χ4n) is 1.38. The molecule has 0 unspecified atom stereocenters. The molecular formula is C10H13NO4S. The molecule has 0 radical (unpaired) electrons. The molecule has 0 heterocycles. The molecule has 1 N–H and O–H groups in total. The lowest BCUT2D eigenvalue weighted by atomic mass is 10.2. The van der Waals surface area contributed by atoms with E-state index >= 15 is 0 Å². The van der Waals surface area contributed by atoms with E-state index in [1.54, 1.807) is 30.3 Å². The standard InChI is InChI=1S/C10H13NO4S/c1-8(10(12)13)11(16(2,14)15)9-6-4-3-5-7-9/h3-8H,1-2H3,(H,12,13)/t8-/m1/s1. The molecule has 1 aromatic rings. The molecule has 0 amide bonds. The highest BCUT2D eigenvalue weighted by molar-refractivity contribution is 7.92. The first kappa shape index (κ1) is 12.5. The molecule has 6 heteroatoms. The SMILES string of the molecule is C[C@H](C(=O)O)N(c1ccccc1)S(C)(=O)=O. The topological polar surface area (TPSA) is 74.7 Å². The van der Waals surface area contributed by atoms with Gasteiger partial charge in [0.25, 0.3) is 0 Å². The van der Waals surface area contributed by atoms with Gasteiger partial charge in [-0.3, -0.25) is 4.31 Å². The summed E-state index contributed by atoms with van der Waals surface area (Å²) in [6.45, 7) is 1.33. The van der Waals surface area contributed by atoms with Crippen molar-refractivity contribution < 1.29 is 18.3 Å². The molecule has 1 rings (SSSR count). The van der Waals surface area contributed by atoms with E-state index < -0.39 is 22.0 Å². The first-order valence-electron chi connectivity index (χ1n) is 4.61. The van der Waals surface area contributed by atoms with Gasteiger partial charge in [0.15, 0.2) is 0 Å². The largest absolute Gasteiger partial charge is 0.480 e. The summed E-state index contributed by atoms with van der Waals surface area (Å²) in [7, 11) is -3.61. The summed E-state index contributed by atoms with van der Waals surface area (Å²) in [5.74, 6) is -1.19. The van der Waals surface area contributed by atoms with Crippen LogP contribution >= 0.6 is 0 Å². The highest BCUT2D eigenvalue weighted by Crippen LogP contribution is 2.19. The zero-order valence-corrected chi connectivity index (χ0v) is 9.81. The lowest BCUT2D eigenvalue weighted by Gasteiger charge is -2.25. The monoisotopic (exact) mass is 243 g/mol. The van der Waals surface area contributed by atoms with Crippen molar-refractivity contribution in [3.63, 3.8) is 0 Å². The third-order valence-corrected chi connectivity index (χ3v) is 3.32. The lowest BCUT2D eigenvalue weighted by molar-refractivity contribution is -0.137. The molecule has 0 aromatic heterocycles. The van der Waals surface area contributed by atoms with Crippen molar-refractivity contribution >= 4 is 21.7 Å². The van der Waals surface area contributed by atoms with Gasteiger partial charge in [0, 0.05) is 0 Å². The van der Waals surface area contributed by atoms with E-state index in [9.17, 15) is 13.2 Å². The maximum atomic E-state index is 11.5. The summed E-state index contributed by atoms with van der Waals surface area (Å²) in [5, 5.41) is 8.87. The van der Waals surface area contributed by atoms with Crippen LogP contribution in [0.25, 0.3) is 0 Å². The van der Waals surface area contributed by atoms with Crippen molar-refractivity contribution in [2.45, 2.75) is 13.0 Å². The number of anilines is 1. The quantitative estimate of drug-likeness (QED) is 0.853. The van der Waals surface area contributed by atoms with Gasteiger partial charge in [-0.05, 0) is 19.1 Å². The number of hydrogen-bond acceptors (Lipinski definition) is 3. The van der Waals surface area contributed by atoms with E-state index in [0.29, 0.717) is 5.69 Å². The Labute approximate surface area is 94.4 Å². The van der Waals surface area contributed by atoms with Gasteiger partial charge in [-0.15, -0.1) is 0 Å². The van der Waals surface area contributed by atoms with E-state index in [0.717, 1.165) is 10.6 Å². The van der Waals surface area contributed by atoms with Crippen molar-refractivity contribution in [1.82, 2.24) is 0 Å². The Morgan fingerprint density at radius 2 is 1.81 bits per heavy atom. The molecule has 5 nitrogen and oxygen atoms in total. The summed E-state index contributed by atoms with van der Waals surface area (Å²) in [4.78, 5) is 10.9. The number of carbonyl (C=O) groups is 1. The van der Waals surface area contributed by atoms with Crippen LogP contribution in [0.1, 0.15) is 6.92 Å². The van der Waals surface area contributed by atoms with Crippen molar-refractivity contribution in [3.8, 4) is 0 Å². The van der Waals surface area contributed by atoms with E-state index in [1.165, 1.54) is 6.92 Å². The molecule has 88 valence electrons. The van der Waals surface area contributed by atoms with Crippen LogP contribution in [-0.2, 0) is 14.8 Å². The number of aliphatic carboxylic acids is 1. The normalized spacial score (nSPS) is 13.1. The number of rotatable bonds is 4. The van der Waals surface area contributed by atoms with E-state index in [1.807, 2.05) is 0 Å². The summed E-state index contributed by atoms with van der Waals surface area (Å²) >= 11 is 0. The van der Waals surface area contributed by atoms with Crippen molar-refractivity contribution in [2.24, 2.45) is 0 Å². The van der Waals surface area contributed by atoms with Crippen LogP contribution in [0.4, 0.5) is 5.69 Å². The van der Waals surface area contributed by atoms with Gasteiger partial charge in [-0.25, -0.2) is 13.2 Å². The maximum Gasteiger partial charge on any atom is 0.327 e. The maximum absolute atomic E-state index is 11.5. The predicted molar refractivity (Wildman–Crippen MR) is 60.9 cm³/mol. The van der Waals surface area contributed by atoms with Gasteiger partial charge in [-0.1, -0.05) is 18.2 Å². The first-order chi connectivity index (χ1) is 7.34. The van der Waals surface area contributed by atoms with Crippen LogP contribution in [0.2, 0.25) is 0 Å². The molecule has 0 aliphatic heterocycles. The Kier molecular flexibility index (Phi) is 3.54. The summed E-state index contributed by atoms with van der Waals surface area (Å²) in [6, 6.07) is 7.03. The van der Waals surface area contributed by atoms with E-state index in [-0.39, 0.29) is 0 Å². The molecule has 0 spiro atoms. The Hall–Kier alpha value is -1.56. The Balaban J connectivity index is 3.23. The van der Waals surface area contributed by atoms with Gasteiger partial charge >= 0.3 is 5.97 Å². The third kappa shape index (κ3) is 2.73. The Morgan fingerprint density at radius 3 is 2.19 bits per heavy atom. The highest BCUT2D eigenvalue weighted by Gasteiger charge is 2.28. The molecule has 1 atom stereocenters. The van der Waals surface area contributed by atoms with Gasteiger partial charge in [0.05, 0.1) is 11.9 Å². The summed E-state index contributed by atoms with van der Waals surface area (Å²) in [6.07, 6.45) is 0.986. The number of para-hydroxylation sites is 1.